The van der Waals surface area contributed by atoms with E-state index in [1.807, 2.05) is 24.3 Å². The number of hydrogen-bond acceptors (Lipinski definition) is 4. The molecule has 1 fully saturated rings. The molecule has 1 amide bonds. The number of hydrogen-bond donors (Lipinski definition) is 2. The fourth-order valence-corrected chi connectivity index (χ4v) is 4.33. The molecule has 2 aromatic carbocycles. The molecular formula is C22H28FIN4O3S. The van der Waals surface area contributed by atoms with Crippen LogP contribution in [0, 0.1) is 5.82 Å². The summed E-state index contributed by atoms with van der Waals surface area (Å²) in [6.45, 7) is 1.50. The molecule has 0 bridgehead atoms. The summed E-state index contributed by atoms with van der Waals surface area (Å²) in [5, 5.41) is 6.28. The van der Waals surface area contributed by atoms with Gasteiger partial charge in [0.2, 0.25) is 5.91 Å². The summed E-state index contributed by atoms with van der Waals surface area (Å²) < 4.78 is 37.0. The molecule has 0 spiro atoms. The summed E-state index contributed by atoms with van der Waals surface area (Å²) in [5.41, 5.74) is 3.03. The monoisotopic (exact) mass is 574 g/mol. The van der Waals surface area contributed by atoms with Crippen molar-refractivity contribution in [3.8, 4) is 0 Å². The highest BCUT2D eigenvalue weighted by molar-refractivity contribution is 14.0. The maximum Gasteiger partial charge on any atom is 0.227 e. The van der Waals surface area contributed by atoms with E-state index in [-0.39, 0.29) is 42.2 Å². The van der Waals surface area contributed by atoms with Gasteiger partial charge in [-0.3, -0.25) is 9.79 Å². The zero-order valence-corrected chi connectivity index (χ0v) is 21.2. The van der Waals surface area contributed by atoms with Crippen molar-refractivity contribution in [3.05, 3.63) is 65.0 Å². The van der Waals surface area contributed by atoms with Crippen molar-refractivity contribution in [2.24, 2.45) is 4.99 Å². The van der Waals surface area contributed by atoms with Crippen molar-refractivity contribution in [2.45, 2.75) is 31.7 Å². The number of amides is 1. The Morgan fingerprint density at radius 2 is 1.78 bits per heavy atom. The molecular weight excluding hydrogens is 546 g/mol. The van der Waals surface area contributed by atoms with Crippen molar-refractivity contribution in [2.75, 3.05) is 24.7 Å². The quantitative estimate of drug-likeness (QED) is 0.302. The van der Waals surface area contributed by atoms with Gasteiger partial charge in [0.15, 0.2) is 15.8 Å². The fraction of sp³-hybridized carbons (Fsp3) is 0.364. The van der Waals surface area contributed by atoms with E-state index in [1.54, 1.807) is 11.9 Å². The Morgan fingerprint density at radius 3 is 2.38 bits per heavy atom. The second kappa shape index (κ2) is 11.6. The Morgan fingerprint density at radius 1 is 1.09 bits per heavy atom. The van der Waals surface area contributed by atoms with Crippen molar-refractivity contribution < 1.29 is 17.6 Å². The molecule has 0 unspecified atom stereocenters. The van der Waals surface area contributed by atoms with Crippen molar-refractivity contribution in [1.82, 2.24) is 10.6 Å². The number of carbonyl (C=O) groups is 1. The third kappa shape index (κ3) is 7.44. The fourth-order valence-electron chi connectivity index (χ4n) is 3.48. The second-order valence-electron chi connectivity index (χ2n) is 7.58. The molecule has 1 saturated heterocycles. The summed E-state index contributed by atoms with van der Waals surface area (Å²) >= 11 is 0. The van der Waals surface area contributed by atoms with Crippen LogP contribution in [0.5, 0.6) is 0 Å². The smallest absolute Gasteiger partial charge is 0.227 e. The lowest BCUT2D eigenvalue weighted by Crippen LogP contribution is -2.36. The van der Waals surface area contributed by atoms with E-state index < -0.39 is 15.7 Å². The van der Waals surface area contributed by atoms with Crippen molar-refractivity contribution in [3.63, 3.8) is 0 Å². The molecule has 1 aliphatic heterocycles. The molecule has 7 nitrogen and oxygen atoms in total. The van der Waals surface area contributed by atoms with Crippen LogP contribution in [-0.2, 0) is 33.5 Å². The van der Waals surface area contributed by atoms with Crippen LogP contribution in [0.1, 0.15) is 29.5 Å². The number of nitrogens with zero attached hydrogens (tertiary/aromatic N) is 2. The van der Waals surface area contributed by atoms with E-state index in [9.17, 15) is 17.6 Å². The molecule has 0 saturated carbocycles. The predicted molar refractivity (Wildman–Crippen MR) is 135 cm³/mol. The number of nitrogens with one attached hydrogen (secondary N) is 2. The highest BCUT2D eigenvalue weighted by atomic mass is 127. The minimum atomic E-state index is -3.24. The average molecular weight is 574 g/mol. The number of aliphatic imine (C=N–C) groups is 1. The van der Waals surface area contributed by atoms with Crippen molar-refractivity contribution in [1.29, 1.82) is 0 Å². The maximum absolute atomic E-state index is 13.7. The van der Waals surface area contributed by atoms with Gasteiger partial charge < -0.3 is 15.5 Å². The van der Waals surface area contributed by atoms with Crippen molar-refractivity contribution >= 4 is 51.4 Å². The third-order valence-corrected chi connectivity index (χ3v) is 5.87. The zero-order chi connectivity index (χ0) is 22.4. The number of carbonyl (C=O) groups excluding carboxylic acids is 1. The standard InChI is InChI=1S/C22H27FN4O3S.HI/c1-24-22(26-14-18-12-19(23)8-7-17(18)15-31(2,29)30)25-13-16-5-9-20(10-6-16)27-11-3-4-21(27)28;/h5-10,12H,3-4,11,13-15H2,1-2H3,(H2,24,25,26);1H. The van der Waals surface area contributed by atoms with Gasteiger partial charge >= 0.3 is 0 Å². The second-order valence-corrected chi connectivity index (χ2v) is 9.72. The first kappa shape index (κ1) is 26.0. The first-order valence-electron chi connectivity index (χ1n) is 10.0. The molecule has 2 aromatic rings. The number of halogens is 2. The van der Waals surface area contributed by atoms with E-state index in [0.29, 0.717) is 30.1 Å². The lowest BCUT2D eigenvalue weighted by molar-refractivity contribution is -0.117. The van der Waals surface area contributed by atoms with E-state index in [4.69, 9.17) is 0 Å². The zero-order valence-electron chi connectivity index (χ0n) is 18.1. The van der Waals surface area contributed by atoms with Gasteiger partial charge in [-0.15, -0.1) is 24.0 Å². The molecule has 0 aromatic heterocycles. The Balaban J connectivity index is 0.00000363. The molecule has 10 heteroatoms. The topological polar surface area (TPSA) is 90.9 Å². The van der Waals surface area contributed by atoms with Crippen LogP contribution in [0.4, 0.5) is 10.1 Å². The highest BCUT2D eigenvalue weighted by Gasteiger charge is 2.21. The van der Waals surface area contributed by atoms with Crippen LogP contribution in [0.25, 0.3) is 0 Å². The SMILES string of the molecule is CN=C(NCc1ccc(N2CCCC2=O)cc1)NCc1cc(F)ccc1CS(C)(=O)=O.I. The number of benzene rings is 2. The van der Waals surface area contributed by atoms with Crippen LogP contribution in [0.3, 0.4) is 0 Å². The predicted octanol–water partition coefficient (Wildman–Crippen LogP) is 2.98. The normalized spacial score (nSPS) is 14.3. The third-order valence-electron chi connectivity index (χ3n) is 5.04. The summed E-state index contributed by atoms with van der Waals surface area (Å²) in [7, 11) is -1.61. The van der Waals surface area contributed by atoms with Crippen LogP contribution >= 0.6 is 24.0 Å². The molecule has 1 aliphatic rings. The number of anilines is 1. The van der Waals surface area contributed by atoms with E-state index in [2.05, 4.69) is 15.6 Å². The Kier molecular flexibility index (Phi) is 9.44. The van der Waals surface area contributed by atoms with Gasteiger partial charge in [-0.25, -0.2) is 12.8 Å². The molecule has 0 radical (unpaired) electrons. The number of sulfone groups is 1. The summed E-state index contributed by atoms with van der Waals surface area (Å²) in [6.07, 6.45) is 2.64. The van der Waals surface area contributed by atoms with Crippen LogP contribution < -0.4 is 15.5 Å². The van der Waals surface area contributed by atoms with Gasteiger partial charge in [0.05, 0.1) is 5.75 Å². The Hall–Kier alpha value is -2.21. The first-order valence-corrected chi connectivity index (χ1v) is 12.1. The Labute approximate surface area is 205 Å². The van der Waals surface area contributed by atoms with Gasteiger partial charge in [0.25, 0.3) is 0 Å². The van der Waals surface area contributed by atoms with E-state index >= 15 is 0 Å². The first-order chi connectivity index (χ1) is 14.7. The van der Waals surface area contributed by atoms with Gasteiger partial charge in [0.1, 0.15) is 5.82 Å². The van der Waals surface area contributed by atoms with Crippen LogP contribution in [0.15, 0.2) is 47.5 Å². The highest BCUT2D eigenvalue weighted by Crippen LogP contribution is 2.21. The molecule has 32 heavy (non-hydrogen) atoms. The van der Waals surface area contributed by atoms with Crippen LogP contribution in [0.2, 0.25) is 0 Å². The van der Waals surface area contributed by atoms with Crippen LogP contribution in [-0.4, -0.2) is 40.1 Å². The molecule has 2 N–H and O–H groups in total. The molecule has 1 heterocycles. The lowest BCUT2D eigenvalue weighted by Gasteiger charge is -2.17. The molecule has 0 aliphatic carbocycles. The maximum atomic E-state index is 13.7. The molecule has 174 valence electrons. The molecule has 3 rings (SSSR count). The van der Waals surface area contributed by atoms with E-state index in [1.165, 1.54) is 18.2 Å². The van der Waals surface area contributed by atoms with Gasteiger partial charge in [0, 0.05) is 45.0 Å². The lowest BCUT2D eigenvalue weighted by atomic mass is 10.1. The minimum Gasteiger partial charge on any atom is -0.352 e. The summed E-state index contributed by atoms with van der Waals surface area (Å²) in [5.74, 6) is 0.0901. The minimum absolute atomic E-state index is 0. The van der Waals surface area contributed by atoms with E-state index in [0.717, 1.165) is 30.5 Å². The summed E-state index contributed by atoms with van der Waals surface area (Å²) in [4.78, 5) is 17.8. The average Bonchev–Trinajstić information content (AvgIpc) is 3.15. The van der Waals surface area contributed by atoms with Gasteiger partial charge in [-0.05, 0) is 47.4 Å². The Bertz CT molecular complexity index is 1080. The summed E-state index contributed by atoms with van der Waals surface area (Å²) in [6, 6.07) is 11.9. The number of rotatable bonds is 7. The number of guanidine groups is 1. The largest absolute Gasteiger partial charge is 0.352 e. The molecule has 0 atom stereocenters. The van der Waals surface area contributed by atoms with Gasteiger partial charge in [-0.2, -0.15) is 0 Å². The van der Waals surface area contributed by atoms with Gasteiger partial charge in [-0.1, -0.05) is 18.2 Å².